The van der Waals surface area contributed by atoms with E-state index in [9.17, 15) is 24.6 Å². The number of phenolic OH excluding ortho intramolecular Hbond substituents is 1. The van der Waals surface area contributed by atoms with Crippen LogP contribution in [0.3, 0.4) is 0 Å². The van der Waals surface area contributed by atoms with Crippen LogP contribution in [0.25, 0.3) is 0 Å². The number of hydrogen-bond acceptors (Lipinski definition) is 8. The lowest BCUT2D eigenvalue weighted by Gasteiger charge is -2.34. The van der Waals surface area contributed by atoms with Crippen LogP contribution < -0.4 is 15.4 Å². The Morgan fingerprint density at radius 2 is 1.76 bits per heavy atom. The molecule has 4 N–H and O–H groups in total. The number of benzene rings is 2. The van der Waals surface area contributed by atoms with Gasteiger partial charge in [0, 0.05) is 18.0 Å². The molecule has 0 spiro atoms. The third-order valence-electron chi connectivity index (χ3n) is 5.25. The van der Waals surface area contributed by atoms with Crippen LogP contribution in [0.15, 0.2) is 42.5 Å². The molecule has 0 fully saturated rings. The van der Waals surface area contributed by atoms with Gasteiger partial charge in [0.25, 0.3) is 5.91 Å². The monoisotopic (exact) mass is 533 g/mol. The van der Waals surface area contributed by atoms with Crippen molar-refractivity contribution in [2.24, 2.45) is 0 Å². The number of amides is 3. The highest BCUT2D eigenvalue weighted by Gasteiger charge is 2.36. The molecule has 0 aromatic heterocycles. The molecular formula is C26H35N3O7S. The summed E-state index contributed by atoms with van der Waals surface area (Å²) in [5.74, 6) is -0.659. The van der Waals surface area contributed by atoms with E-state index in [0.717, 1.165) is 0 Å². The molecule has 0 aliphatic heterocycles. The molecule has 0 radical (unpaired) electrons. The number of nitrogens with zero attached hydrogens (tertiary/aromatic N) is 1. The molecule has 0 aliphatic rings. The van der Waals surface area contributed by atoms with Crippen molar-refractivity contribution in [3.05, 3.63) is 53.6 Å². The minimum Gasteiger partial charge on any atom is -0.508 e. The molecule has 10 nitrogen and oxygen atoms in total. The zero-order chi connectivity index (χ0) is 27.8. The average molecular weight is 534 g/mol. The van der Waals surface area contributed by atoms with Crippen molar-refractivity contribution in [2.75, 3.05) is 31.3 Å². The van der Waals surface area contributed by atoms with Gasteiger partial charge >= 0.3 is 6.09 Å². The molecule has 0 bridgehead atoms. The van der Waals surface area contributed by atoms with Crippen molar-refractivity contribution in [2.45, 2.75) is 45.4 Å². The van der Waals surface area contributed by atoms with Gasteiger partial charge in [0.2, 0.25) is 5.91 Å². The van der Waals surface area contributed by atoms with Gasteiger partial charge in [-0.2, -0.15) is 12.6 Å². The Morgan fingerprint density at radius 1 is 1.11 bits per heavy atom. The fourth-order valence-electron chi connectivity index (χ4n) is 3.52. The standard InChI is InChI=1S/C26H35N3O7S/c1-16-14-17(6-11-21(16)31)22(23(32)27-18-7-9-19(35-5)10-8-18)29(12-13-30)24(33)20(15-37)28-25(34)36-26(2,3)4/h6-11,14,20,22,30-31,37H,12-13,15H2,1-5H3,(H,27,32)(H,28,34). The maximum absolute atomic E-state index is 13.6. The van der Waals surface area contributed by atoms with Gasteiger partial charge < -0.3 is 35.2 Å². The summed E-state index contributed by atoms with van der Waals surface area (Å²) in [6.07, 6.45) is -0.816. The second kappa shape index (κ2) is 13.2. The second-order valence-corrected chi connectivity index (χ2v) is 9.67. The number of carbonyl (C=O) groups excluding carboxylic acids is 3. The van der Waals surface area contributed by atoms with E-state index in [2.05, 4.69) is 23.3 Å². The van der Waals surface area contributed by atoms with Crippen LogP contribution in [0.1, 0.15) is 37.9 Å². The lowest BCUT2D eigenvalue weighted by molar-refractivity contribution is -0.140. The number of hydrogen-bond donors (Lipinski definition) is 5. The number of ether oxygens (including phenoxy) is 2. The summed E-state index contributed by atoms with van der Waals surface area (Å²) in [7, 11) is 1.53. The highest BCUT2D eigenvalue weighted by Crippen LogP contribution is 2.28. The van der Waals surface area contributed by atoms with Crippen LogP contribution in [0.2, 0.25) is 0 Å². The Morgan fingerprint density at radius 3 is 2.27 bits per heavy atom. The van der Waals surface area contributed by atoms with Crippen molar-refractivity contribution >= 4 is 36.2 Å². The van der Waals surface area contributed by atoms with Crippen LogP contribution in [0, 0.1) is 6.92 Å². The average Bonchev–Trinajstić information content (AvgIpc) is 2.83. The maximum Gasteiger partial charge on any atom is 0.408 e. The van der Waals surface area contributed by atoms with E-state index in [1.54, 1.807) is 58.0 Å². The first kappa shape index (κ1) is 29.8. The molecule has 0 aliphatic carbocycles. The Balaban J connectivity index is 2.45. The Kier molecular flexibility index (Phi) is 10.6. The molecule has 2 atom stereocenters. The third kappa shape index (κ3) is 8.57. The van der Waals surface area contributed by atoms with E-state index in [1.807, 2.05) is 0 Å². The van der Waals surface area contributed by atoms with Crippen molar-refractivity contribution in [1.82, 2.24) is 10.2 Å². The van der Waals surface area contributed by atoms with Gasteiger partial charge in [-0.1, -0.05) is 6.07 Å². The number of nitrogens with one attached hydrogen (secondary N) is 2. The molecule has 11 heteroatoms. The summed E-state index contributed by atoms with van der Waals surface area (Å²) in [5, 5.41) is 25.1. The Hall–Kier alpha value is -3.44. The fourth-order valence-corrected chi connectivity index (χ4v) is 3.76. The topological polar surface area (TPSA) is 137 Å². The van der Waals surface area contributed by atoms with Crippen molar-refractivity contribution in [3.63, 3.8) is 0 Å². The van der Waals surface area contributed by atoms with Crippen molar-refractivity contribution in [3.8, 4) is 11.5 Å². The van der Waals surface area contributed by atoms with Gasteiger partial charge in [0.05, 0.1) is 13.7 Å². The summed E-state index contributed by atoms with van der Waals surface area (Å²) in [6, 6.07) is 8.83. The second-order valence-electron chi connectivity index (χ2n) is 9.30. The number of phenols is 1. The van der Waals surface area contributed by atoms with Crippen molar-refractivity contribution < 1.29 is 34.1 Å². The van der Waals surface area contributed by atoms with E-state index in [1.165, 1.54) is 24.1 Å². The van der Waals surface area contributed by atoms with Crippen LogP contribution in [-0.4, -0.2) is 70.7 Å². The molecule has 37 heavy (non-hydrogen) atoms. The molecule has 2 rings (SSSR count). The predicted octanol–water partition coefficient (Wildman–Crippen LogP) is 3.03. The van der Waals surface area contributed by atoms with Gasteiger partial charge in [-0.15, -0.1) is 0 Å². The normalized spacial score (nSPS) is 12.7. The molecular weight excluding hydrogens is 498 g/mol. The number of aliphatic hydroxyl groups is 1. The summed E-state index contributed by atoms with van der Waals surface area (Å²) in [4.78, 5) is 40.7. The highest BCUT2D eigenvalue weighted by molar-refractivity contribution is 7.80. The number of rotatable bonds is 10. The highest BCUT2D eigenvalue weighted by atomic mass is 32.1. The van der Waals surface area contributed by atoms with Crippen LogP contribution in [-0.2, 0) is 14.3 Å². The molecule has 2 aromatic carbocycles. The molecule has 2 aromatic rings. The first-order valence-electron chi connectivity index (χ1n) is 11.7. The summed E-state index contributed by atoms with van der Waals surface area (Å²) in [5.41, 5.74) is 0.566. The van der Waals surface area contributed by atoms with E-state index in [0.29, 0.717) is 22.6 Å². The summed E-state index contributed by atoms with van der Waals surface area (Å²) < 4.78 is 10.4. The molecule has 202 valence electrons. The third-order valence-corrected chi connectivity index (χ3v) is 5.61. The molecule has 3 amide bonds. The number of aryl methyl sites for hydroxylation is 1. The van der Waals surface area contributed by atoms with E-state index >= 15 is 0 Å². The minimum atomic E-state index is -1.20. The number of thiol groups is 1. The lowest BCUT2D eigenvalue weighted by atomic mass is 10.00. The number of methoxy groups -OCH3 is 1. The number of alkyl carbamates (subject to hydrolysis) is 1. The first-order chi connectivity index (χ1) is 17.4. The number of anilines is 1. The predicted molar refractivity (Wildman–Crippen MR) is 143 cm³/mol. The van der Waals surface area contributed by atoms with Crippen LogP contribution in [0.4, 0.5) is 10.5 Å². The smallest absolute Gasteiger partial charge is 0.408 e. The SMILES string of the molecule is COc1ccc(NC(=O)C(c2ccc(O)c(C)c2)N(CCO)C(=O)C(CS)NC(=O)OC(C)(C)C)cc1. The fraction of sp³-hybridized carbons (Fsp3) is 0.423. The lowest BCUT2D eigenvalue weighted by Crippen LogP contribution is -2.53. The van der Waals surface area contributed by atoms with E-state index in [-0.39, 0.29) is 18.0 Å². The molecule has 0 saturated heterocycles. The van der Waals surface area contributed by atoms with Gasteiger partial charge in [0.15, 0.2) is 0 Å². The maximum atomic E-state index is 13.6. The summed E-state index contributed by atoms with van der Waals surface area (Å²) >= 11 is 4.21. The van der Waals surface area contributed by atoms with E-state index < -0.39 is 42.2 Å². The van der Waals surface area contributed by atoms with Crippen molar-refractivity contribution in [1.29, 1.82) is 0 Å². The molecule has 0 saturated carbocycles. The Labute approximate surface area is 222 Å². The van der Waals surface area contributed by atoms with E-state index in [4.69, 9.17) is 9.47 Å². The largest absolute Gasteiger partial charge is 0.508 e. The zero-order valence-electron chi connectivity index (χ0n) is 21.6. The summed E-state index contributed by atoms with van der Waals surface area (Å²) in [6.45, 7) is 6.08. The number of carbonyl (C=O) groups is 3. The van der Waals surface area contributed by atoms with Gasteiger partial charge in [-0.05, 0) is 75.2 Å². The molecule has 0 heterocycles. The number of aromatic hydroxyl groups is 1. The number of aliphatic hydroxyl groups excluding tert-OH is 1. The van der Waals surface area contributed by atoms with Gasteiger partial charge in [-0.3, -0.25) is 9.59 Å². The molecule has 2 unspecified atom stereocenters. The van der Waals surface area contributed by atoms with Crippen LogP contribution >= 0.6 is 12.6 Å². The van der Waals surface area contributed by atoms with Gasteiger partial charge in [0.1, 0.15) is 29.2 Å². The first-order valence-corrected chi connectivity index (χ1v) is 12.3. The minimum absolute atomic E-state index is 0.0259. The van der Waals surface area contributed by atoms with Gasteiger partial charge in [-0.25, -0.2) is 4.79 Å². The zero-order valence-corrected chi connectivity index (χ0v) is 22.5. The van der Waals surface area contributed by atoms with Crippen LogP contribution in [0.5, 0.6) is 11.5 Å². The Bertz CT molecular complexity index is 1090. The quantitative estimate of drug-likeness (QED) is 0.296.